The van der Waals surface area contributed by atoms with E-state index in [4.69, 9.17) is 10.8 Å². The maximum Gasteiger partial charge on any atom is 0.130 e. The predicted octanol–water partition coefficient (Wildman–Crippen LogP) is 1.82. The summed E-state index contributed by atoms with van der Waals surface area (Å²) in [7, 11) is 0. The Morgan fingerprint density at radius 1 is 1.43 bits per heavy atom. The van der Waals surface area contributed by atoms with Gasteiger partial charge in [0.25, 0.3) is 0 Å². The highest BCUT2D eigenvalue weighted by Crippen LogP contribution is 2.22. The van der Waals surface area contributed by atoms with Gasteiger partial charge in [0.2, 0.25) is 0 Å². The Morgan fingerprint density at radius 3 is 2.64 bits per heavy atom. The summed E-state index contributed by atoms with van der Waals surface area (Å²) in [6.07, 6.45) is 0.389. The van der Waals surface area contributed by atoms with Crippen molar-refractivity contribution in [3.8, 4) is 0 Å². The molecule has 0 amide bonds. The molecule has 0 aliphatic heterocycles. The fourth-order valence-corrected chi connectivity index (χ4v) is 1.55. The normalized spacial score (nSPS) is 12.9. The summed E-state index contributed by atoms with van der Waals surface area (Å²) >= 11 is 0. The minimum atomic E-state index is -0.418. The van der Waals surface area contributed by atoms with Crippen LogP contribution in [0.3, 0.4) is 0 Å². The first-order valence-corrected chi connectivity index (χ1v) is 4.69. The van der Waals surface area contributed by atoms with Crippen LogP contribution in [0.2, 0.25) is 0 Å². The van der Waals surface area contributed by atoms with Crippen molar-refractivity contribution in [2.24, 2.45) is 5.73 Å². The molecule has 2 nitrogen and oxygen atoms in total. The largest absolute Gasteiger partial charge is 0.396 e. The van der Waals surface area contributed by atoms with Crippen molar-refractivity contribution in [2.45, 2.75) is 26.3 Å². The zero-order valence-electron chi connectivity index (χ0n) is 8.55. The van der Waals surface area contributed by atoms with Crippen molar-refractivity contribution in [3.05, 3.63) is 34.6 Å². The maximum absolute atomic E-state index is 13.6. The van der Waals surface area contributed by atoms with Crippen molar-refractivity contribution in [2.75, 3.05) is 6.61 Å². The molecule has 1 unspecified atom stereocenters. The lowest BCUT2D eigenvalue weighted by molar-refractivity contribution is 0.275. The van der Waals surface area contributed by atoms with Gasteiger partial charge in [0.05, 0.1) is 0 Å². The second-order valence-corrected chi connectivity index (χ2v) is 3.60. The van der Waals surface area contributed by atoms with E-state index in [0.717, 1.165) is 5.56 Å². The minimum Gasteiger partial charge on any atom is -0.396 e. The van der Waals surface area contributed by atoms with Gasteiger partial charge in [0, 0.05) is 18.2 Å². The highest BCUT2D eigenvalue weighted by Gasteiger charge is 2.13. The lowest BCUT2D eigenvalue weighted by Gasteiger charge is -2.13. The molecule has 1 aromatic rings. The van der Waals surface area contributed by atoms with Gasteiger partial charge in [-0.3, -0.25) is 0 Å². The van der Waals surface area contributed by atoms with E-state index in [0.29, 0.717) is 17.5 Å². The topological polar surface area (TPSA) is 46.2 Å². The Balaban J connectivity index is 3.07. The molecular formula is C11H16FNO. The second-order valence-electron chi connectivity index (χ2n) is 3.60. The van der Waals surface area contributed by atoms with E-state index in [9.17, 15) is 4.39 Å². The first-order valence-electron chi connectivity index (χ1n) is 4.69. The van der Waals surface area contributed by atoms with Crippen LogP contribution in [-0.2, 0) is 0 Å². The fourth-order valence-electron chi connectivity index (χ4n) is 1.55. The molecule has 14 heavy (non-hydrogen) atoms. The second kappa shape index (κ2) is 4.53. The molecule has 0 spiro atoms. The number of halogens is 1. The van der Waals surface area contributed by atoms with Gasteiger partial charge in [-0.2, -0.15) is 0 Å². The lowest BCUT2D eigenvalue weighted by Crippen LogP contribution is -2.14. The SMILES string of the molecule is Cc1cc(C)c(F)c(C(N)CCO)c1. The van der Waals surface area contributed by atoms with E-state index in [-0.39, 0.29) is 12.4 Å². The summed E-state index contributed by atoms with van der Waals surface area (Å²) in [6, 6.07) is 3.10. The lowest BCUT2D eigenvalue weighted by atomic mass is 9.99. The zero-order valence-corrected chi connectivity index (χ0v) is 8.55. The van der Waals surface area contributed by atoms with Crippen molar-refractivity contribution >= 4 is 0 Å². The Morgan fingerprint density at radius 2 is 2.07 bits per heavy atom. The molecule has 0 aliphatic rings. The average Bonchev–Trinajstić information content (AvgIpc) is 2.11. The first kappa shape index (κ1) is 11.1. The van der Waals surface area contributed by atoms with Crippen molar-refractivity contribution in [1.29, 1.82) is 0 Å². The van der Waals surface area contributed by atoms with Crippen LogP contribution >= 0.6 is 0 Å². The van der Waals surface area contributed by atoms with Crippen LogP contribution in [0.15, 0.2) is 12.1 Å². The van der Waals surface area contributed by atoms with E-state index in [1.165, 1.54) is 0 Å². The molecule has 78 valence electrons. The van der Waals surface area contributed by atoms with Crippen LogP contribution in [0.1, 0.15) is 29.2 Å². The Kier molecular flexibility index (Phi) is 3.61. The summed E-state index contributed by atoms with van der Waals surface area (Å²) < 4.78 is 13.6. The predicted molar refractivity (Wildman–Crippen MR) is 54.5 cm³/mol. The van der Waals surface area contributed by atoms with Crippen LogP contribution in [-0.4, -0.2) is 11.7 Å². The summed E-state index contributed by atoms with van der Waals surface area (Å²) in [5.41, 5.74) is 7.84. The van der Waals surface area contributed by atoms with Gasteiger partial charge in [0.1, 0.15) is 5.82 Å². The Labute approximate surface area is 83.6 Å². The third-order valence-electron chi connectivity index (χ3n) is 2.27. The molecule has 3 heteroatoms. The standard InChI is InChI=1S/C11H16FNO/c1-7-5-8(2)11(12)9(6-7)10(13)3-4-14/h5-6,10,14H,3-4,13H2,1-2H3. The third-order valence-corrected chi connectivity index (χ3v) is 2.27. The fraction of sp³-hybridized carbons (Fsp3) is 0.455. The number of aryl methyl sites for hydroxylation is 2. The van der Waals surface area contributed by atoms with Gasteiger partial charge >= 0.3 is 0 Å². The molecular weight excluding hydrogens is 181 g/mol. The zero-order chi connectivity index (χ0) is 10.7. The molecule has 1 aromatic carbocycles. The van der Waals surface area contributed by atoms with E-state index in [1.54, 1.807) is 19.1 Å². The van der Waals surface area contributed by atoms with E-state index < -0.39 is 6.04 Å². The van der Waals surface area contributed by atoms with Gasteiger partial charge in [-0.05, 0) is 25.8 Å². The summed E-state index contributed by atoms with van der Waals surface area (Å²) in [6.45, 7) is 3.60. The van der Waals surface area contributed by atoms with Gasteiger partial charge in [-0.15, -0.1) is 0 Å². The van der Waals surface area contributed by atoms with E-state index >= 15 is 0 Å². The van der Waals surface area contributed by atoms with Crippen LogP contribution in [0.4, 0.5) is 4.39 Å². The number of benzene rings is 1. The molecule has 0 bridgehead atoms. The molecule has 0 fully saturated rings. The summed E-state index contributed by atoms with van der Waals surface area (Å²) in [5.74, 6) is -0.253. The van der Waals surface area contributed by atoms with Crippen LogP contribution in [0.5, 0.6) is 0 Å². The smallest absolute Gasteiger partial charge is 0.130 e. The molecule has 0 heterocycles. The van der Waals surface area contributed by atoms with Crippen molar-refractivity contribution < 1.29 is 9.50 Å². The number of aliphatic hydroxyl groups is 1. The molecule has 1 atom stereocenters. The quantitative estimate of drug-likeness (QED) is 0.776. The molecule has 0 saturated carbocycles. The molecule has 0 aromatic heterocycles. The van der Waals surface area contributed by atoms with Crippen molar-refractivity contribution in [1.82, 2.24) is 0 Å². The van der Waals surface area contributed by atoms with Gasteiger partial charge in [0.15, 0.2) is 0 Å². The molecule has 0 radical (unpaired) electrons. The van der Waals surface area contributed by atoms with E-state index in [2.05, 4.69) is 0 Å². The van der Waals surface area contributed by atoms with Crippen LogP contribution in [0.25, 0.3) is 0 Å². The van der Waals surface area contributed by atoms with Crippen molar-refractivity contribution in [3.63, 3.8) is 0 Å². The van der Waals surface area contributed by atoms with Gasteiger partial charge in [-0.25, -0.2) is 4.39 Å². The minimum absolute atomic E-state index is 0.0202. The highest BCUT2D eigenvalue weighted by molar-refractivity contribution is 5.32. The van der Waals surface area contributed by atoms with Crippen LogP contribution < -0.4 is 5.73 Å². The summed E-state index contributed by atoms with van der Waals surface area (Å²) in [5, 5.41) is 8.73. The van der Waals surface area contributed by atoms with Crippen LogP contribution in [0, 0.1) is 19.7 Å². The molecule has 0 saturated heterocycles. The van der Waals surface area contributed by atoms with Gasteiger partial charge < -0.3 is 10.8 Å². The Hall–Kier alpha value is -0.930. The number of hydrogen-bond acceptors (Lipinski definition) is 2. The molecule has 0 aliphatic carbocycles. The number of rotatable bonds is 3. The van der Waals surface area contributed by atoms with E-state index in [1.807, 2.05) is 6.92 Å². The Bertz CT molecular complexity index is 325. The average molecular weight is 197 g/mol. The monoisotopic (exact) mass is 197 g/mol. The molecule has 1 rings (SSSR count). The maximum atomic E-state index is 13.6. The third kappa shape index (κ3) is 2.30. The number of hydrogen-bond donors (Lipinski definition) is 2. The van der Waals surface area contributed by atoms with Gasteiger partial charge in [-0.1, -0.05) is 17.7 Å². The summed E-state index contributed by atoms with van der Waals surface area (Å²) in [4.78, 5) is 0. The number of aliphatic hydroxyl groups excluding tert-OH is 1. The molecule has 3 N–H and O–H groups in total. The number of nitrogens with two attached hydrogens (primary N) is 1. The highest BCUT2D eigenvalue weighted by atomic mass is 19.1. The first-order chi connectivity index (χ1) is 6.56.